The van der Waals surface area contributed by atoms with Crippen LogP contribution in [0.1, 0.15) is 37.2 Å². The van der Waals surface area contributed by atoms with E-state index in [1.807, 2.05) is 11.9 Å². The third-order valence-electron chi connectivity index (χ3n) is 4.05. The number of guanidine groups is 1. The summed E-state index contributed by atoms with van der Waals surface area (Å²) in [6, 6.07) is 3.45. The molecule has 0 radical (unpaired) electrons. The van der Waals surface area contributed by atoms with Crippen LogP contribution in [0.2, 0.25) is 0 Å². The first-order chi connectivity index (χ1) is 11.1. The molecule has 2 heterocycles. The van der Waals surface area contributed by atoms with Gasteiger partial charge in [-0.3, -0.25) is 9.79 Å². The molecule has 23 heavy (non-hydrogen) atoms. The maximum atomic E-state index is 12.2. The Bertz CT molecular complexity index is 503. The van der Waals surface area contributed by atoms with Crippen LogP contribution in [0.4, 0.5) is 0 Å². The molecule has 1 fully saturated rings. The average molecular weight is 320 g/mol. The Hall–Kier alpha value is -1.98. The van der Waals surface area contributed by atoms with Crippen LogP contribution in [-0.2, 0) is 0 Å². The van der Waals surface area contributed by atoms with Crippen LogP contribution in [0.5, 0.6) is 0 Å². The monoisotopic (exact) mass is 320 g/mol. The van der Waals surface area contributed by atoms with Crippen LogP contribution in [0, 0.1) is 5.92 Å². The molecule has 0 atom stereocenters. The van der Waals surface area contributed by atoms with Gasteiger partial charge < -0.3 is 19.5 Å². The second-order valence-electron chi connectivity index (χ2n) is 6.27. The minimum absolute atomic E-state index is 0.0328. The van der Waals surface area contributed by atoms with Crippen molar-refractivity contribution in [1.29, 1.82) is 0 Å². The summed E-state index contributed by atoms with van der Waals surface area (Å²) in [7, 11) is 1.81. The van der Waals surface area contributed by atoms with Crippen molar-refractivity contribution < 1.29 is 9.21 Å². The highest BCUT2D eigenvalue weighted by Gasteiger charge is 2.24. The van der Waals surface area contributed by atoms with Crippen molar-refractivity contribution in [2.45, 2.75) is 26.7 Å². The normalized spacial score (nSPS) is 16.1. The van der Waals surface area contributed by atoms with E-state index in [9.17, 15) is 4.79 Å². The zero-order valence-corrected chi connectivity index (χ0v) is 14.4. The van der Waals surface area contributed by atoms with E-state index in [-0.39, 0.29) is 5.91 Å². The molecule has 1 aliphatic rings. The van der Waals surface area contributed by atoms with Gasteiger partial charge in [0.1, 0.15) is 0 Å². The molecule has 0 aliphatic carbocycles. The van der Waals surface area contributed by atoms with Gasteiger partial charge in [0.15, 0.2) is 11.7 Å². The standard InChI is InChI=1S/C17H28N4O2/c1-14(2)6-4-8-19-17(18-3)21-11-9-20(10-12-21)16(22)15-7-5-13-23-15/h5,7,13-14H,4,6,8-12H2,1-3H3,(H,18,19). The zero-order valence-electron chi connectivity index (χ0n) is 14.4. The lowest BCUT2D eigenvalue weighted by Crippen LogP contribution is -2.53. The number of carbonyl (C=O) groups excluding carboxylic acids is 1. The van der Waals surface area contributed by atoms with Gasteiger partial charge in [-0.1, -0.05) is 13.8 Å². The average Bonchev–Trinajstić information content (AvgIpc) is 3.09. The van der Waals surface area contributed by atoms with E-state index in [1.165, 1.54) is 12.7 Å². The Morgan fingerprint density at radius 3 is 2.57 bits per heavy atom. The lowest BCUT2D eigenvalue weighted by Gasteiger charge is -2.36. The van der Waals surface area contributed by atoms with Crippen LogP contribution < -0.4 is 5.32 Å². The Labute approximate surface area is 138 Å². The number of piperazine rings is 1. The topological polar surface area (TPSA) is 61.1 Å². The number of nitrogens with one attached hydrogen (secondary N) is 1. The van der Waals surface area contributed by atoms with Gasteiger partial charge in [0.2, 0.25) is 0 Å². The SMILES string of the molecule is CN=C(NCCCC(C)C)N1CCN(C(=O)c2ccco2)CC1. The highest BCUT2D eigenvalue weighted by molar-refractivity contribution is 5.91. The smallest absolute Gasteiger partial charge is 0.289 e. The lowest BCUT2D eigenvalue weighted by atomic mass is 10.1. The van der Waals surface area contributed by atoms with Gasteiger partial charge in [0.25, 0.3) is 5.91 Å². The van der Waals surface area contributed by atoms with Crippen LogP contribution in [0.3, 0.4) is 0 Å². The van der Waals surface area contributed by atoms with Crippen molar-refractivity contribution in [2.75, 3.05) is 39.8 Å². The third kappa shape index (κ3) is 5.01. The predicted octanol–water partition coefficient (Wildman–Crippen LogP) is 2.05. The highest BCUT2D eigenvalue weighted by atomic mass is 16.3. The summed E-state index contributed by atoms with van der Waals surface area (Å²) < 4.78 is 5.19. The summed E-state index contributed by atoms with van der Waals surface area (Å²) in [6.07, 6.45) is 3.90. The maximum Gasteiger partial charge on any atom is 0.289 e. The number of aliphatic imine (C=N–C) groups is 1. The molecule has 0 spiro atoms. The van der Waals surface area contributed by atoms with E-state index >= 15 is 0 Å². The zero-order chi connectivity index (χ0) is 16.7. The van der Waals surface area contributed by atoms with Gasteiger partial charge in [-0.25, -0.2) is 0 Å². The molecule has 6 nitrogen and oxygen atoms in total. The summed E-state index contributed by atoms with van der Waals surface area (Å²) in [5.41, 5.74) is 0. The van der Waals surface area contributed by atoms with E-state index in [4.69, 9.17) is 4.42 Å². The Morgan fingerprint density at radius 1 is 1.30 bits per heavy atom. The van der Waals surface area contributed by atoms with Crippen molar-refractivity contribution in [1.82, 2.24) is 15.1 Å². The molecule has 0 saturated carbocycles. The predicted molar refractivity (Wildman–Crippen MR) is 91.6 cm³/mol. The van der Waals surface area contributed by atoms with Crippen molar-refractivity contribution in [2.24, 2.45) is 10.9 Å². The summed E-state index contributed by atoms with van der Waals surface area (Å²) in [5, 5.41) is 3.42. The first-order valence-corrected chi connectivity index (χ1v) is 8.40. The molecule has 2 rings (SSSR count). The number of hydrogen-bond donors (Lipinski definition) is 1. The van der Waals surface area contributed by atoms with Gasteiger partial charge in [-0.05, 0) is 30.9 Å². The minimum Gasteiger partial charge on any atom is -0.459 e. The molecule has 1 saturated heterocycles. The van der Waals surface area contributed by atoms with Crippen molar-refractivity contribution >= 4 is 11.9 Å². The molecule has 0 aromatic carbocycles. The second-order valence-corrected chi connectivity index (χ2v) is 6.27. The van der Waals surface area contributed by atoms with E-state index in [0.29, 0.717) is 18.8 Å². The summed E-state index contributed by atoms with van der Waals surface area (Å²) in [5.74, 6) is 2.04. The summed E-state index contributed by atoms with van der Waals surface area (Å²) >= 11 is 0. The number of nitrogens with zero attached hydrogens (tertiary/aromatic N) is 3. The summed E-state index contributed by atoms with van der Waals surface area (Å²) in [4.78, 5) is 20.7. The largest absolute Gasteiger partial charge is 0.459 e. The fourth-order valence-corrected chi connectivity index (χ4v) is 2.72. The van der Waals surface area contributed by atoms with Crippen LogP contribution in [0.15, 0.2) is 27.8 Å². The Morgan fingerprint density at radius 2 is 2.00 bits per heavy atom. The molecule has 1 aliphatic heterocycles. The molecule has 1 amide bonds. The fraction of sp³-hybridized carbons (Fsp3) is 0.647. The van der Waals surface area contributed by atoms with E-state index in [0.717, 1.165) is 37.9 Å². The quantitative estimate of drug-likeness (QED) is 0.512. The molecule has 6 heteroatoms. The molecule has 1 aromatic heterocycles. The highest BCUT2D eigenvalue weighted by Crippen LogP contribution is 2.09. The van der Waals surface area contributed by atoms with Gasteiger partial charge in [-0.2, -0.15) is 0 Å². The van der Waals surface area contributed by atoms with Crippen LogP contribution >= 0.6 is 0 Å². The summed E-state index contributed by atoms with van der Waals surface area (Å²) in [6.45, 7) is 8.37. The van der Waals surface area contributed by atoms with E-state index < -0.39 is 0 Å². The van der Waals surface area contributed by atoms with Gasteiger partial charge >= 0.3 is 0 Å². The van der Waals surface area contributed by atoms with Gasteiger partial charge in [-0.15, -0.1) is 0 Å². The molecule has 0 bridgehead atoms. The molecular weight excluding hydrogens is 292 g/mol. The number of furan rings is 1. The van der Waals surface area contributed by atoms with E-state index in [1.54, 1.807) is 12.1 Å². The van der Waals surface area contributed by atoms with Crippen molar-refractivity contribution in [3.63, 3.8) is 0 Å². The molecule has 128 valence electrons. The molecule has 0 unspecified atom stereocenters. The minimum atomic E-state index is -0.0328. The Kier molecular flexibility index (Phi) is 6.50. The van der Waals surface area contributed by atoms with E-state index in [2.05, 4.69) is 29.1 Å². The molecule has 1 aromatic rings. The van der Waals surface area contributed by atoms with Gasteiger partial charge in [0, 0.05) is 39.8 Å². The number of carbonyl (C=O) groups is 1. The van der Waals surface area contributed by atoms with Gasteiger partial charge in [0.05, 0.1) is 6.26 Å². The molecule has 1 N–H and O–H groups in total. The molecular formula is C17H28N4O2. The number of amides is 1. The first-order valence-electron chi connectivity index (χ1n) is 8.40. The number of rotatable bonds is 5. The lowest BCUT2D eigenvalue weighted by molar-refractivity contribution is 0.0658. The fourth-order valence-electron chi connectivity index (χ4n) is 2.72. The second kappa shape index (κ2) is 8.60. The Balaban J connectivity index is 1.77. The number of hydrogen-bond acceptors (Lipinski definition) is 3. The van der Waals surface area contributed by atoms with Crippen molar-refractivity contribution in [3.05, 3.63) is 24.2 Å². The third-order valence-corrected chi connectivity index (χ3v) is 4.05. The maximum absolute atomic E-state index is 12.2. The van der Waals surface area contributed by atoms with Crippen molar-refractivity contribution in [3.8, 4) is 0 Å². The van der Waals surface area contributed by atoms with Crippen LogP contribution in [0.25, 0.3) is 0 Å². The van der Waals surface area contributed by atoms with Crippen LogP contribution in [-0.4, -0.2) is 61.4 Å². The first kappa shape index (κ1) is 17.4.